The van der Waals surface area contributed by atoms with Crippen LogP contribution in [0.4, 0.5) is 5.69 Å². The molecule has 0 fully saturated rings. The molecule has 0 aliphatic carbocycles. The fraction of sp³-hybridized carbons (Fsp3) is 0.476. The first-order chi connectivity index (χ1) is 14.4. The number of rotatable bonds is 9. The topological polar surface area (TPSA) is 127 Å². The molecule has 0 bridgehead atoms. The van der Waals surface area contributed by atoms with Gasteiger partial charge in [0, 0.05) is 16.8 Å². The van der Waals surface area contributed by atoms with Crippen LogP contribution in [-0.4, -0.2) is 46.4 Å². The smallest absolute Gasteiger partial charge is 0.306 e. The number of aliphatic hydroxyl groups is 1. The largest absolute Gasteiger partial charge is 0.460 e. The van der Waals surface area contributed by atoms with Crippen LogP contribution in [0, 0.1) is 0 Å². The van der Waals surface area contributed by atoms with Crippen molar-refractivity contribution in [2.45, 2.75) is 58.4 Å². The van der Waals surface area contributed by atoms with Crippen molar-refractivity contribution < 1.29 is 19.4 Å². The van der Waals surface area contributed by atoms with Crippen molar-refractivity contribution in [1.82, 2.24) is 10.3 Å². The molecule has 0 saturated heterocycles. The minimum atomic E-state index is -0.867. The summed E-state index contributed by atoms with van der Waals surface area (Å²) >= 11 is 12.4. The minimum Gasteiger partial charge on any atom is -0.460 e. The molecule has 1 aromatic carbocycles. The van der Waals surface area contributed by atoms with Gasteiger partial charge >= 0.3 is 5.97 Å². The summed E-state index contributed by atoms with van der Waals surface area (Å²) in [5.74, 6) is -1.01. The molecular formula is C21H28Cl2N4O4. The first-order valence-electron chi connectivity index (χ1n) is 9.87. The van der Waals surface area contributed by atoms with Crippen LogP contribution >= 0.6 is 23.2 Å². The zero-order valence-electron chi connectivity index (χ0n) is 18.0. The van der Waals surface area contributed by atoms with E-state index in [2.05, 4.69) is 15.6 Å². The summed E-state index contributed by atoms with van der Waals surface area (Å²) in [6.07, 6.45) is -0.844. The summed E-state index contributed by atoms with van der Waals surface area (Å²) in [4.78, 5) is 28.4. The molecule has 1 heterocycles. The number of nitrogens with two attached hydrogens (primary N) is 1. The van der Waals surface area contributed by atoms with Crippen LogP contribution < -0.4 is 16.4 Å². The number of anilines is 1. The molecule has 170 valence electrons. The standard InChI is InChI=1S/C21H28Cl2N4O4/c1-11(28)20(25-9-5-6-15(29)31-21(2,3)4)27-17-16(19(24)30)13-10-12(22)7-8-14(13)26-18(17)23/h7-8,10-11,20,25,27-28H,5-6,9H2,1-4H3,(H2,24,30)/t11-,20?/m1/s1. The molecule has 5 N–H and O–H groups in total. The third-order valence-electron chi connectivity index (χ3n) is 4.27. The van der Waals surface area contributed by atoms with Gasteiger partial charge in [-0.15, -0.1) is 0 Å². The number of primary amides is 1. The number of ether oxygens (including phenoxy) is 1. The maximum Gasteiger partial charge on any atom is 0.306 e. The van der Waals surface area contributed by atoms with Crippen LogP contribution in [0.5, 0.6) is 0 Å². The van der Waals surface area contributed by atoms with Crippen LogP contribution in [0.1, 0.15) is 50.9 Å². The number of halogens is 2. The lowest BCUT2D eigenvalue weighted by Crippen LogP contribution is -2.45. The number of hydrogen-bond donors (Lipinski definition) is 4. The van der Waals surface area contributed by atoms with Crippen molar-refractivity contribution in [1.29, 1.82) is 0 Å². The Morgan fingerprint density at radius 1 is 1.29 bits per heavy atom. The van der Waals surface area contributed by atoms with E-state index in [0.717, 1.165) is 0 Å². The van der Waals surface area contributed by atoms with Gasteiger partial charge in [-0.05, 0) is 58.9 Å². The Morgan fingerprint density at radius 2 is 1.97 bits per heavy atom. The fourth-order valence-electron chi connectivity index (χ4n) is 2.97. The minimum absolute atomic E-state index is 0.0322. The van der Waals surface area contributed by atoms with E-state index >= 15 is 0 Å². The first kappa shape index (κ1) is 25.1. The number of fused-ring (bicyclic) bond motifs is 1. The molecule has 1 aromatic heterocycles. The quantitative estimate of drug-likeness (QED) is 0.191. The number of aliphatic hydroxyl groups excluding tert-OH is 1. The molecule has 0 spiro atoms. The Labute approximate surface area is 191 Å². The van der Waals surface area contributed by atoms with E-state index in [1.165, 1.54) is 0 Å². The Balaban J connectivity index is 2.17. The summed E-state index contributed by atoms with van der Waals surface area (Å²) in [6.45, 7) is 7.39. The maximum atomic E-state index is 12.2. The van der Waals surface area contributed by atoms with E-state index in [4.69, 9.17) is 33.7 Å². The highest BCUT2D eigenvalue weighted by molar-refractivity contribution is 6.35. The van der Waals surface area contributed by atoms with Crippen LogP contribution in [0.15, 0.2) is 18.2 Å². The molecule has 8 nitrogen and oxygen atoms in total. The van der Waals surface area contributed by atoms with Gasteiger partial charge in [0.1, 0.15) is 11.8 Å². The average molecular weight is 471 g/mol. The van der Waals surface area contributed by atoms with Crippen molar-refractivity contribution in [3.8, 4) is 0 Å². The predicted octanol–water partition coefficient (Wildman–Crippen LogP) is 3.47. The van der Waals surface area contributed by atoms with Crippen LogP contribution in [0.25, 0.3) is 10.9 Å². The van der Waals surface area contributed by atoms with Crippen molar-refractivity contribution in [2.75, 3.05) is 11.9 Å². The van der Waals surface area contributed by atoms with E-state index < -0.39 is 23.8 Å². The zero-order chi connectivity index (χ0) is 23.3. The lowest BCUT2D eigenvalue weighted by Gasteiger charge is -2.26. The number of carbonyl (C=O) groups excluding carboxylic acids is 2. The van der Waals surface area contributed by atoms with Crippen molar-refractivity contribution in [3.05, 3.63) is 33.9 Å². The summed E-state index contributed by atoms with van der Waals surface area (Å²) in [5, 5.41) is 17.2. The van der Waals surface area contributed by atoms with E-state index in [-0.39, 0.29) is 28.8 Å². The molecule has 1 unspecified atom stereocenters. The third-order valence-corrected chi connectivity index (χ3v) is 4.78. The predicted molar refractivity (Wildman–Crippen MR) is 122 cm³/mol. The number of esters is 1. The van der Waals surface area contributed by atoms with Gasteiger partial charge < -0.3 is 20.9 Å². The SMILES string of the molecule is C[C@@H](O)C(NCCCC(=O)OC(C)(C)C)Nc1c(Cl)nc2ccc(Cl)cc2c1C(N)=O. The monoisotopic (exact) mass is 470 g/mol. The Hall–Kier alpha value is -2.13. The zero-order valence-corrected chi connectivity index (χ0v) is 19.5. The number of hydrogen-bond acceptors (Lipinski definition) is 7. The molecule has 0 aliphatic heterocycles. The van der Waals surface area contributed by atoms with Gasteiger partial charge in [0.15, 0.2) is 5.15 Å². The van der Waals surface area contributed by atoms with Gasteiger partial charge in [-0.1, -0.05) is 23.2 Å². The van der Waals surface area contributed by atoms with Gasteiger partial charge in [0.25, 0.3) is 5.91 Å². The number of carbonyl (C=O) groups is 2. The van der Waals surface area contributed by atoms with Gasteiger partial charge in [-0.2, -0.15) is 0 Å². The first-order valence-corrected chi connectivity index (χ1v) is 10.6. The lowest BCUT2D eigenvalue weighted by molar-refractivity contribution is -0.154. The second-order valence-electron chi connectivity index (χ2n) is 8.19. The molecule has 0 radical (unpaired) electrons. The summed E-state index contributed by atoms with van der Waals surface area (Å²) < 4.78 is 5.28. The highest BCUT2D eigenvalue weighted by atomic mass is 35.5. The highest BCUT2D eigenvalue weighted by Gasteiger charge is 2.23. The molecule has 0 saturated carbocycles. The number of pyridine rings is 1. The van der Waals surface area contributed by atoms with Crippen molar-refractivity contribution >= 4 is 51.7 Å². The number of nitrogens with one attached hydrogen (secondary N) is 2. The lowest BCUT2D eigenvalue weighted by atomic mass is 10.1. The van der Waals surface area contributed by atoms with Crippen LogP contribution in [0.3, 0.4) is 0 Å². The molecular weight excluding hydrogens is 443 g/mol. The highest BCUT2D eigenvalue weighted by Crippen LogP contribution is 2.32. The van der Waals surface area contributed by atoms with Gasteiger partial charge in [0.2, 0.25) is 0 Å². The molecule has 2 aromatic rings. The molecule has 0 aliphatic rings. The number of nitrogens with zero attached hydrogens (tertiary/aromatic N) is 1. The van der Waals surface area contributed by atoms with Crippen molar-refractivity contribution in [2.24, 2.45) is 5.73 Å². The Kier molecular flexibility index (Phi) is 8.48. The average Bonchev–Trinajstić information content (AvgIpc) is 2.62. The summed E-state index contributed by atoms with van der Waals surface area (Å²) in [6, 6.07) is 4.86. The fourth-order valence-corrected chi connectivity index (χ4v) is 3.39. The Morgan fingerprint density at radius 3 is 2.55 bits per heavy atom. The second kappa shape index (κ2) is 10.5. The van der Waals surface area contributed by atoms with E-state index in [0.29, 0.717) is 28.9 Å². The maximum absolute atomic E-state index is 12.2. The molecule has 10 heteroatoms. The van der Waals surface area contributed by atoms with E-state index in [9.17, 15) is 14.7 Å². The second-order valence-corrected chi connectivity index (χ2v) is 8.98. The number of amides is 1. The van der Waals surface area contributed by atoms with Crippen LogP contribution in [-0.2, 0) is 9.53 Å². The van der Waals surface area contributed by atoms with Crippen LogP contribution in [0.2, 0.25) is 10.2 Å². The molecule has 2 atom stereocenters. The van der Waals surface area contributed by atoms with Gasteiger partial charge in [-0.25, -0.2) is 4.98 Å². The van der Waals surface area contributed by atoms with Gasteiger partial charge in [-0.3, -0.25) is 14.9 Å². The number of aromatic nitrogens is 1. The summed E-state index contributed by atoms with van der Waals surface area (Å²) in [5.41, 5.74) is 5.85. The normalized spacial score (nSPS) is 13.6. The Bertz CT molecular complexity index is 961. The molecule has 1 amide bonds. The summed E-state index contributed by atoms with van der Waals surface area (Å²) in [7, 11) is 0. The molecule has 31 heavy (non-hydrogen) atoms. The van der Waals surface area contributed by atoms with E-state index in [1.54, 1.807) is 45.9 Å². The third kappa shape index (κ3) is 7.21. The van der Waals surface area contributed by atoms with Gasteiger partial charge in [0.05, 0.1) is 22.9 Å². The van der Waals surface area contributed by atoms with Crippen molar-refractivity contribution in [3.63, 3.8) is 0 Å². The number of benzene rings is 1. The van der Waals surface area contributed by atoms with E-state index in [1.807, 2.05) is 0 Å². The molecule has 2 rings (SSSR count).